The number of nitrogens with one attached hydrogen (secondary N) is 1. The summed E-state index contributed by atoms with van der Waals surface area (Å²) in [4.78, 5) is 21.9. The summed E-state index contributed by atoms with van der Waals surface area (Å²) in [6.45, 7) is 37.4. The number of carboxylic acids is 1. The molecule has 398 valence electrons. The number of carbonyl (C=O) groups excluding carboxylic acids is 1. The monoisotopic (exact) mass is 934 g/mol. The molecule has 66 heavy (non-hydrogen) atoms. The van der Waals surface area contributed by atoms with Crippen molar-refractivity contribution in [1.29, 1.82) is 0 Å². The Hall–Kier alpha value is -1.06. The molecule has 0 saturated heterocycles. The fourth-order valence-corrected chi connectivity index (χ4v) is 9.94. The third-order valence-corrected chi connectivity index (χ3v) is 14.9. The van der Waals surface area contributed by atoms with Crippen molar-refractivity contribution in [3.05, 3.63) is 0 Å². The molecule has 0 aromatic rings. The van der Waals surface area contributed by atoms with Gasteiger partial charge in [-0.25, -0.2) is 0 Å². The summed E-state index contributed by atoms with van der Waals surface area (Å²) >= 11 is 0. The Morgan fingerprint density at radius 1 is 0.318 bits per heavy atom. The second-order valence-corrected chi connectivity index (χ2v) is 24.8. The minimum atomic E-state index is -0.660. The van der Waals surface area contributed by atoms with Crippen molar-refractivity contribution in [1.82, 2.24) is 5.32 Å². The molecule has 9 unspecified atom stereocenters. The second kappa shape index (κ2) is 47.6. The summed E-state index contributed by atoms with van der Waals surface area (Å²) in [5.41, 5.74) is 0. The molecule has 0 spiro atoms. The molecule has 0 aromatic heterocycles. The molecule has 0 fully saturated rings. The van der Waals surface area contributed by atoms with Crippen LogP contribution in [0.2, 0.25) is 0 Å². The van der Waals surface area contributed by atoms with Gasteiger partial charge in [0.25, 0.3) is 0 Å². The molecule has 0 heterocycles. The number of aliphatic carboxylic acids is 1. The minimum absolute atomic E-state index is 0.178. The molecule has 4 nitrogen and oxygen atoms in total. The molecule has 0 aliphatic rings. The van der Waals surface area contributed by atoms with Crippen LogP contribution in [0.1, 0.15) is 310 Å². The lowest BCUT2D eigenvalue weighted by Gasteiger charge is -2.16. The van der Waals surface area contributed by atoms with Gasteiger partial charge < -0.3 is 10.4 Å². The summed E-state index contributed by atoms with van der Waals surface area (Å²) < 4.78 is 0. The van der Waals surface area contributed by atoms with Crippen molar-refractivity contribution in [2.75, 3.05) is 7.05 Å². The SMILES string of the molecule is CC(C)CCCC(C)CCCC(C)CCCC(C)CC(=O)O.CCCC(C)CCCC(C)CCCC(C)CCCC(C)C.CNC(=O)CC(C)CCCC(C)CCCC(C)CCCC(C)C. The molecule has 2 N–H and O–H groups in total. The van der Waals surface area contributed by atoms with Crippen molar-refractivity contribution in [3.8, 4) is 0 Å². The van der Waals surface area contributed by atoms with E-state index in [1.165, 1.54) is 180 Å². The number of amides is 1. The second-order valence-electron chi connectivity index (χ2n) is 24.8. The molecule has 0 saturated carbocycles. The number of carboxylic acid groups (broad SMARTS) is 1. The third-order valence-electron chi connectivity index (χ3n) is 14.9. The number of hydrogen-bond acceptors (Lipinski definition) is 2. The number of carbonyl (C=O) groups is 2. The molecular weight excluding hydrogens is 807 g/mol. The van der Waals surface area contributed by atoms with E-state index in [4.69, 9.17) is 5.11 Å². The van der Waals surface area contributed by atoms with E-state index in [-0.39, 0.29) is 5.91 Å². The van der Waals surface area contributed by atoms with Crippen molar-refractivity contribution in [2.45, 2.75) is 310 Å². The van der Waals surface area contributed by atoms with Crippen molar-refractivity contribution in [3.63, 3.8) is 0 Å². The average molecular weight is 935 g/mol. The van der Waals surface area contributed by atoms with E-state index in [2.05, 4.69) is 116 Å². The van der Waals surface area contributed by atoms with Gasteiger partial charge in [-0.15, -0.1) is 0 Å². The van der Waals surface area contributed by atoms with Crippen LogP contribution in [0.15, 0.2) is 0 Å². The first-order valence-electron chi connectivity index (χ1n) is 29.5. The summed E-state index contributed by atoms with van der Waals surface area (Å²) in [6, 6.07) is 0. The van der Waals surface area contributed by atoms with Crippen LogP contribution in [0.25, 0.3) is 0 Å². The Kier molecular flexibility index (Phi) is 49.9. The van der Waals surface area contributed by atoms with Crippen molar-refractivity contribution >= 4 is 11.9 Å². The van der Waals surface area contributed by atoms with Crippen LogP contribution in [0.5, 0.6) is 0 Å². The maximum absolute atomic E-state index is 11.3. The maximum atomic E-state index is 11.3. The zero-order chi connectivity index (χ0) is 50.7. The highest BCUT2D eigenvalue weighted by atomic mass is 16.4. The minimum Gasteiger partial charge on any atom is -0.481 e. The zero-order valence-corrected chi connectivity index (χ0v) is 48.6. The molecule has 0 bridgehead atoms. The number of hydrogen-bond donors (Lipinski definition) is 2. The van der Waals surface area contributed by atoms with Crippen LogP contribution in [-0.2, 0) is 9.59 Å². The first-order chi connectivity index (χ1) is 31.1. The Balaban J connectivity index is -0.000000903. The van der Waals surface area contributed by atoms with Crippen LogP contribution in [0, 0.1) is 71.0 Å². The van der Waals surface area contributed by atoms with Gasteiger partial charge in [0, 0.05) is 19.9 Å². The molecule has 9 atom stereocenters. The first kappa shape index (κ1) is 69.2. The topological polar surface area (TPSA) is 66.4 Å². The Morgan fingerprint density at radius 2 is 0.515 bits per heavy atom. The highest BCUT2D eigenvalue weighted by molar-refractivity contribution is 5.75. The highest BCUT2D eigenvalue weighted by Crippen LogP contribution is 2.26. The van der Waals surface area contributed by atoms with Gasteiger partial charge in [0.15, 0.2) is 0 Å². The van der Waals surface area contributed by atoms with E-state index < -0.39 is 5.97 Å². The van der Waals surface area contributed by atoms with Gasteiger partial charge in [0.1, 0.15) is 0 Å². The molecule has 0 aliphatic carbocycles. The summed E-state index contributed by atoms with van der Waals surface area (Å²) in [7, 11) is 1.72. The van der Waals surface area contributed by atoms with E-state index in [0.29, 0.717) is 24.7 Å². The first-order valence-corrected chi connectivity index (χ1v) is 29.5. The van der Waals surface area contributed by atoms with E-state index in [0.717, 1.165) is 65.6 Å². The average Bonchev–Trinajstić information content (AvgIpc) is 3.20. The predicted octanol–water partition coefficient (Wildman–Crippen LogP) is 20.6. The normalized spacial score (nSPS) is 15.8. The molecule has 4 heteroatoms. The van der Waals surface area contributed by atoms with E-state index in [1.54, 1.807) is 7.05 Å². The van der Waals surface area contributed by atoms with Crippen LogP contribution < -0.4 is 5.32 Å². The van der Waals surface area contributed by atoms with Crippen LogP contribution >= 0.6 is 0 Å². The zero-order valence-electron chi connectivity index (χ0n) is 48.6. The predicted molar refractivity (Wildman–Crippen MR) is 297 cm³/mol. The number of rotatable bonds is 42. The highest BCUT2D eigenvalue weighted by Gasteiger charge is 2.13. The molecule has 0 radical (unpaired) electrons. The van der Waals surface area contributed by atoms with Gasteiger partial charge >= 0.3 is 5.97 Å². The fraction of sp³-hybridized carbons (Fsp3) is 0.968. The fourth-order valence-electron chi connectivity index (χ4n) is 9.94. The molecule has 0 aliphatic heterocycles. The van der Waals surface area contributed by atoms with Crippen molar-refractivity contribution in [2.24, 2.45) is 71.0 Å². The smallest absolute Gasteiger partial charge is 0.303 e. The Morgan fingerprint density at radius 3 is 0.712 bits per heavy atom. The largest absolute Gasteiger partial charge is 0.481 e. The lowest BCUT2D eigenvalue weighted by Crippen LogP contribution is -2.20. The Bertz CT molecular complexity index is 1020. The molecule has 0 aromatic carbocycles. The van der Waals surface area contributed by atoms with E-state index in [9.17, 15) is 9.59 Å². The summed E-state index contributed by atoms with van der Waals surface area (Å²) in [6.07, 6.45) is 40.6. The molecular formula is C62H127NO3. The van der Waals surface area contributed by atoms with E-state index >= 15 is 0 Å². The van der Waals surface area contributed by atoms with Crippen LogP contribution in [-0.4, -0.2) is 24.0 Å². The Labute approximate surface area is 418 Å². The van der Waals surface area contributed by atoms with E-state index in [1.807, 2.05) is 0 Å². The molecule has 1 amide bonds. The maximum Gasteiger partial charge on any atom is 0.303 e. The molecule has 0 rings (SSSR count). The lowest BCUT2D eigenvalue weighted by atomic mass is 9.90. The van der Waals surface area contributed by atoms with Gasteiger partial charge in [-0.3, -0.25) is 9.59 Å². The van der Waals surface area contributed by atoms with Gasteiger partial charge in [0.2, 0.25) is 5.91 Å². The summed E-state index contributed by atoms with van der Waals surface area (Å²) in [5, 5.41) is 11.5. The summed E-state index contributed by atoms with van der Waals surface area (Å²) in [5.74, 6) is 9.18. The lowest BCUT2D eigenvalue weighted by molar-refractivity contribution is -0.138. The van der Waals surface area contributed by atoms with Gasteiger partial charge in [-0.2, -0.15) is 0 Å². The van der Waals surface area contributed by atoms with Gasteiger partial charge in [0.05, 0.1) is 0 Å². The standard InChI is InChI=1S/C21H43NO.C21H44.C20H40O2/c1-17(2)10-7-11-18(3)12-8-13-19(4)14-9-15-20(5)16-21(23)22-6;1-7-11-19(4)14-9-15-21(6)17-10-16-20(5)13-8-12-18(2)3;1-16(2)9-6-10-17(3)11-7-12-18(4)13-8-14-19(5)15-20(21)22/h17-20H,7-16H2,1-6H3,(H,22,23);18-21H,7-17H2,1-6H3;16-19H,6-15H2,1-5H3,(H,21,22). The van der Waals surface area contributed by atoms with Gasteiger partial charge in [-0.1, -0.05) is 297 Å². The van der Waals surface area contributed by atoms with Gasteiger partial charge in [-0.05, 0) is 71.0 Å². The van der Waals surface area contributed by atoms with Crippen molar-refractivity contribution < 1.29 is 14.7 Å². The van der Waals surface area contributed by atoms with Crippen LogP contribution in [0.4, 0.5) is 0 Å². The third kappa shape index (κ3) is 55.5. The quantitative estimate of drug-likeness (QED) is 0.0641. The van der Waals surface area contributed by atoms with Crippen LogP contribution in [0.3, 0.4) is 0 Å².